The van der Waals surface area contributed by atoms with Crippen molar-refractivity contribution < 1.29 is 22.7 Å². The number of rotatable bonds is 11. The third kappa shape index (κ3) is 7.66. The highest BCUT2D eigenvalue weighted by molar-refractivity contribution is 7.89. The lowest BCUT2D eigenvalue weighted by Crippen LogP contribution is -2.51. The number of nitrogens with two attached hydrogens (primary N) is 1. The number of ether oxygens (including phenoxy) is 2. The summed E-state index contributed by atoms with van der Waals surface area (Å²) in [6.07, 6.45) is 0.378. The average Bonchev–Trinajstić information content (AvgIpc) is 2.80. The van der Waals surface area contributed by atoms with Gasteiger partial charge in [0.2, 0.25) is 15.9 Å². The Balaban J connectivity index is 2.11. The molecule has 9 heteroatoms. The first kappa shape index (κ1) is 27.5. The molecule has 2 aromatic rings. The Bertz CT molecular complexity index is 1140. The van der Waals surface area contributed by atoms with Crippen molar-refractivity contribution >= 4 is 27.5 Å². The molecule has 0 radical (unpaired) electrons. The van der Waals surface area contributed by atoms with Crippen LogP contribution in [-0.2, 0) is 21.2 Å². The molecule has 0 aromatic heterocycles. The summed E-state index contributed by atoms with van der Waals surface area (Å²) in [5.74, 6) is 5.94. The Morgan fingerprint density at radius 3 is 2.38 bits per heavy atom. The zero-order valence-electron chi connectivity index (χ0n) is 19.9. The maximum absolute atomic E-state index is 12.7. The predicted molar refractivity (Wildman–Crippen MR) is 135 cm³/mol. The molecule has 0 aliphatic rings. The fourth-order valence-electron chi connectivity index (χ4n) is 3.43. The van der Waals surface area contributed by atoms with Crippen LogP contribution in [0.1, 0.15) is 31.9 Å². The van der Waals surface area contributed by atoms with Crippen LogP contribution >= 0.6 is 11.6 Å². The number of primary amides is 1. The number of nitrogens with zero attached hydrogens (tertiary/aromatic N) is 1. The summed E-state index contributed by atoms with van der Waals surface area (Å²) in [6.45, 7) is 5.39. The third-order valence-corrected chi connectivity index (χ3v) is 7.29. The summed E-state index contributed by atoms with van der Waals surface area (Å²) in [7, 11) is -2.10. The van der Waals surface area contributed by atoms with Gasteiger partial charge in [-0.2, -0.15) is 4.31 Å². The second kappa shape index (κ2) is 12.7. The Hall–Kier alpha value is -2.73. The molecule has 7 nitrogen and oxygen atoms in total. The number of hydrogen-bond acceptors (Lipinski definition) is 5. The largest absolute Gasteiger partial charge is 0.493 e. The van der Waals surface area contributed by atoms with Crippen molar-refractivity contribution in [3.05, 3.63) is 58.6 Å². The molecule has 2 aromatic carbocycles. The molecule has 1 atom stereocenters. The van der Waals surface area contributed by atoms with Crippen LogP contribution in [-0.4, -0.2) is 50.7 Å². The highest BCUT2D eigenvalue weighted by Gasteiger charge is 2.34. The topological polar surface area (TPSA) is 98.9 Å². The van der Waals surface area contributed by atoms with Crippen LogP contribution in [0.2, 0.25) is 5.02 Å². The summed E-state index contributed by atoms with van der Waals surface area (Å²) in [5.41, 5.74) is 7.19. The summed E-state index contributed by atoms with van der Waals surface area (Å²) in [5, 5.41) is 0.649. The summed E-state index contributed by atoms with van der Waals surface area (Å²) in [4.78, 5) is 12.0. The van der Waals surface area contributed by atoms with Crippen LogP contribution in [0.3, 0.4) is 0 Å². The smallest absolute Gasteiger partial charge is 0.236 e. The van der Waals surface area contributed by atoms with E-state index < -0.39 is 22.0 Å². The molecule has 184 valence electrons. The molecule has 0 spiro atoms. The Morgan fingerprint density at radius 2 is 1.82 bits per heavy atom. The van der Waals surface area contributed by atoms with E-state index in [0.29, 0.717) is 22.9 Å². The van der Waals surface area contributed by atoms with Crippen LogP contribution in [0.5, 0.6) is 11.5 Å². The molecule has 1 amide bonds. The summed E-state index contributed by atoms with van der Waals surface area (Å²) in [6, 6.07) is 11.7. The fraction of sp³-hybridized carbons (Fsp3) is 0.400. The zero-order chi connectivity index (χ0) is 25.3. The van der Waals surface area contributed by atoms with Crippen LogP contribution in [0.25, 0.3) is 0 Å². The number of sulfonamides is 1. The molecular formula is C25H31ClN2O5S. The van der Waals surface area contributed by atoms with E-state index in [1.165, 1.54) is 11.4 Å². The van der Waals surface area contributed by atoms with Crippen LogP contribution < -0.4 is 15.2 Å². The number of carbonyl (C=O) groups is 1. The monoisotopic (exact) mass is 506 g/mol. The zero-order valence-corrected chi connectivity index (χ0v) is 21.4. The van der Waals surface area contributed by atoms with E-state index in [-0.39, 0.29) is 24.8 Å². The van der Waals surface area contributed by atoms with Gasteiger partial charge in [-0.15, -0.1) is 0 Å². The van der Waals surface area contributed by atoms with Crippen molar-refractivity contribution in [1.82, 2.24) is 4.31 Å². The lowest BCUT2D eigenvalue weighted by atomic mass is 10.0. The lowest BCUT2D eigenvalue weighted by Gasteiger charge is -2.31. The number of methoxy groups -OCH3 is 1. The maximum atomic E-state index is 12.7. The minimum atomic E-state index is -3.63. The Morgan fingerprint density at radius 1 is 1.15 bits per heavy atom. The predicted octanol–water partition coefficient (Wildman–Crippen LogP) is 3.48. The first-order valence-electron chi connectivity index (χ1n) is 10.9. The minimum Gasteiger partial charge on any atom is -0.493 e. The quantitative estimate of drug-likeness (QED) is 0.470. The van der Waals surface area contributed by atoms with Crippen molar-refractivity contribution in [3.63, 3.8) is 0 Å². The van der Waals surface area contributed by atoms with E-state index in [9.17, 15) is 13.2 Å². The molecule has 0 heterocycles. The maximum Gasteiger partial charge on any atom is 0.236 e. The van der Waals surface area contributed by atoms with Gasteiger partial charge in [-0.1, -0.05) is 43.4 Å². The first-order valence-corrected chi connectivity index (χ1v) is 12.9. The average molecular weight is 507 g/mol. The number of hydrogen-bond donors (Lipinski definition) is 1. The van der Waals surface area contributed by atoms with Gasteiger partial charge < -0.3 is 15.2 Å². The highest BCUT2D eigenvalue weighted by atomic mass is 35.5. The standard InChI is InChI=1S/C25H31ClN2O5S/c1-5-34(30,31)28(24(18(2)3)25(27)29)15-14-20-10-13-22(23(17-20)32-4)33-16-6-7-19-8-11-21(26)12-9-19/h8-13,17-18,24H,5,14-16H2,1-4H3,(H2,27,29). The van der Waals surface area contributed by atoms with Gasteiger partial charge in [0, 0.05) is 17.1 Å². The second-order valence-corrected chi connectivity index (χ2v) is 10.6. The van der Waals surface area contributed by atoms with Crippen molar-refractivity contribution in [2.75, 3.05) is 26.0 Å². The molecule has 0 saturated heterocycles. The molecule has 0 fully saturated rings. The Labute approximate surface area is 207 Å². The van der Waals surface area contributed by atoms with E-state index in [0.717, 1.165) is 11.1 Å². The molecule has 34 heavy (non-hydrogen) atoms. The molecular weight excluding hydrogens is 476 g/mol. The van der Waals surface area contributed by atoms with Crippen molar-refractivity contribution in [1.29, 1.82) is 0 Å². The van der Waals surface area contributed by atoms with Crippen LogP contribution in [0.15, 0.2) is 42.5 Å². The summed E-state index contributed by atoms with van der Waals surface area (Å²) >= 11 is 5.87. The third-order valence-electron chi connectivity index (χ3n) is 5.18. The van der Waals surface area contributed by atoms with Crippen molar-refractivity contribution in [3.8, 4) is 23.3 Å². The number of carbonyl (C=O) groups excluding carboxylic acids is 1. The molecule has 0 aliphatic heterocycles. The van der Waals surface area contributed by atoms with Gasteiger partial charge in [0.15, 0.2) is 11.5 Å². The molecule has 2 rings (SSSR count). The number of halogens is 1. The summed E-state index contributed by atoms with van der Waals surface area (Å²) < 4.78 is 37.7. The molecule has 0 saturated carbocycles. The molecule has 0 aliphatic carbocycles. The van der Waals surface area contributed by atoms with Gasteiger partial charge >= 0.3 is 0 Å². The van der Waals surface area contributed by atoms with E-state index >= 15 is 0 Å². The van der Waals surface area contributed by atoms with Crippen LogP contribution in [0, 0.1) is 17.8 Å². The number of amides is 1. The lowest BCUT2D eigenvalue weighted by molar-refractivity contribution is -0.122. The van der Waals surface area contributed by atoms with Crippen molar-refractivity contribution in [2.45, 2.75) is 33.2 Å². The van der Waals surface area contributed by atoms with Gasteiger partial charge in [-0.25, -0.2) is 8.42 Å². The van der Waals surface area contributed by atoms with Gasteiger partial charge in [0.25, 0.3) is 0 Å². The van der Waals surface area contributed by atoms with Gasteiger partial charge in [-0.3, -0.25) is 4.79 Å². The highest BCUT2D eigenvalue weighted by Crippen LogP contribution is 2.28. The van der Waals surface area contributed by atoms with Gasteiger partial charge in [-0.05, 0) is 61.2 Å². The van der Waals surface area contributed by atoms with Gasteiger partial charge in [0.1, 0.15) is 12.6 Å². The van der Waals surface area contributed by atoms with Crippen LogP contribution in [0.4, 0.5) is 0 Å². The van der Waals surface area contributed by atoms with E-state index in [1.54, 1.807) is 45.0 Å². The molecule has 0 bridgehead atoms. The second-order valence-electron chi connectivity index (χ2n) is 7.94. The fourth-order valence-corrected chi connectivity index (χ4v) is 4.95. The first-order chi connectivity index (χ1) is 16.1. The SMILES string of the molecule is CCS(=O)(=O)N(CCc1ccc(OCC#Cc2ccc(Cl)cc2)c(OC)c1)C(C(N)=O)C(C)C. The van der Waals surface area contributed by atoms with E-state index in [1.807, 2.05) is 18.2 Å². The minimum absolute atomic E-state index is 0.114. The van der Waals surface area contributed by atoms with Gasteiger partial charge in [0.05, 0.1) is 12.9 Å². The van der Waals surface area contributed by atoms with E-state index in [2.05, 4.69) is 11.8 Å². The molecule has 1 unspecified atom stereocenters. The van der Waals surface area contributed by atoms with E-state index in [4.69, 9.17) is 26.8 Å². The van der Waals surface area contributed by atoms with Crippen molar-refractivity contribution in [2.24, 2.45) is 11.7 Å². The number of benzene rings is 2. The normalized spacial score (nSPS) is 12.2. The molecule has 2 N–H and O–H groups in total. The Kier molecular flexibility index (Phi) is 10.2.